The highest BCUT2D eigenvalue weighted by Crippen LogP contribution is 2.01. The number of hydrogen-bond donors (Lipinski definition) is 2. The topological polar surface area (TPSA) is 41.1 Å². The van der Waals surface area contributed by atoms with E-state index in [9.17, 15) is 4.79 Å². The molecule has 1 aliphatic rings. The molecule has 11 heavy (non-hydrogen) atoms. The lowest BCUT2D eigenvalue weighted by Gasteiger charge is -2.20. The van der Waals surface area contributed by atoms with Crippen LogP contribution < -0.4 is 10.6 Å². The van der Waals surface area contributed by atoms with Gasteiger partial charge in [0.1, 0.15) is 0 Å². The molecule has 1 fully saturated rings. The van der Waals surface area contributed by atoms with Gasteiger partial charge in [0.2, 0.25) is 5.91 Å². The summed E-state index contributed by atoms with van der Waals surface area (Å²) >= 11 is 0. The monoisotopic (exact) mass is 158 g/mol. The second kappa shape index (κ2) is 6.16. The Hall–Kier alpha value is -0.570. The Morgan fingerprint density at radius 2 is 2.18 bits per heavy atom. The average Bonchev–Trinajstić information content (AvgIpc) is 2.08. The molecule has 1 aliphatic heterocycles. The minimum absolute atomic E-state index is 0.167. The highest BCUT2D eigenvalue weighted by Gasteiger charge is 2.15. The SMILES string of the molecule is CC.CNC1CCNC(=O)C1. The first-order valence-electron chi connectivity index (χ1n) is 4.27. The number of amides is 1. The Morgan fingerprint density at radius 1 is 1.55 bits per heavy atom. The van der Waals surface area contributed by atoms with Crippen molar-refractivity contribution in [2.24, 2.45) is 0 Å². The molecule has 3 nitrogen and oxygen atoms in total. The van der Waals surface area contributed by atoms with Gasteiger partial charge in [-0.2, -0.15) is 0 Å². The van der Waals surface area contributed by atoms with Crippen molar-refractivity contribution in [3.8, 4) is 0 Å². The zero-order chi connectivity index (χ0) is 8.69. The normalized spacial score (nSPS) is 23.2. The lowest BCUT2D eigenvalue weighted by molar-refractivity contribution is -0.122. The number of nitrogens with one attached hydrogen (secondary N) is 2. The minimum atomic E-state index is 0.167. The van der Waals surface area contributed by atoms with Crippen LogP contribution in [0.5, 0.6) is 0 Å². The Labute approximate surface area is 68.6 Å². The fourth-order valence-corrected chi connectivity index (χ4v) is 1.03. The summed E-state index contributed by atoms with van der Waals surface area (Å²) in [4.78, 5) is 10.7. The molecular weight excluding hydrogens is 140 g/mol. The van der Waals surface area contributed by atoms with Gasteiger partial charge in [-0.05, 0) is 13.5 Å². The van der Waals surface area contributed by atoms with Crippen LogP contribution in [0.15, 0.2) is 0 Å². The van der Waals surface area contributed by atoms with Crippen LogP contribution in [0.4, 0.5) is 0 Å². The fraction of sp³-hybridized carbons (Fsp3) is 0.875. The molecular formula is C8H18N2O. The van der Waals surface area contributed by atoms with Crippen molar-refractivity contribution in [3.05, 3.63) is 0 Å². The van der Waals surface area contributed by atoms with Crippen molar-refractivity contribution in [2.45, 2.75) is 32.7 Å². The van der Waals surface area contributed by atoms with Crippen molar-refractivity contribution in [3.63, 3.8) is 0 Å². The van der Waals surface area contributed by atoms with Crippen LogP contribution in [-0.4, -0.2) is 25.5 Å². The summed E-state index contributed by atoms with van der Waals surface area (Å²) in [5, 5.41) is 5.84. The summed E-state index contributed by atoms with van der Waals surface area (Å²) in [5.41, 5.74) is 0. The Kier molecular flexibility index (Phi) is 5.84. The number of rotatable bonds is 1. The van der Waals surface area contributed by atoms with Crippen LogP contribution >= 0.6 is 0 Å². The Morgan fingerprint density at radius 3 is 2.55 bits per heavy atom. The van der Waals surface area contributed by atoms with Crippen LogP contribution in [0.1, 0.15) is 26.7 Å². The number of piperidine rings is 1. The zero-order valence-electron chi connectivity index (χ0n) is 7.61. The standard InChI is InChI=1S/C6H12N2O.C2H6/c1-7-5-2-3-8-6(9)4-5;1-2/h5,7H,2-4H2,1H3,(H,8,9);1-2H3. The van der Waals surface area contributed by atoms with E-state index in [0.29, 0.717) is 12.5 Å². The fourth-order valence-electron chi connectivity index (χ4n) is 1.03. The lowest BCUT2D eigenvalue weighted by Crippen LogP contribution is -2.41. The molecule has 1 amide bonds. The smallest absolute Gasteiger partial charge is 0.221 e. The molecule has 0 saturated carbocycles. The highest BCUT2D eigenvalue weighted by atomic mass is 16.1. The first kappa shape index (κ1) is 10.4. The van der Waals surface area contributed by atoms with E-state index >= 15 is 0 Å². The largest absolute Gasteiger partial charge is 0.356 e. The van der Waals surface area contributed by atoms with Crippen molar-refractivity contribution >= 4 is 5.91 Å². The van der Waals surface area contributed by atoms with E-state index in [2.05, 4.69) is 10.6 Å². The summed E-state index contributed by atoms with van der Waals surface area (Å²) in [6.45, 7) is 4.82. The molecule has 0 aromatic heterocycles. The molecule has 1 atom stereocenters. The predicted octanol–water partition coefficient (Wildman–Crippen LogP) is 0.511. The molecule has 3 heteroatoms. The van der Waals surface area contributed by atoms with E-state index < -0.39 is 0 Å². The lowest BCUT2D eigenvalue weighted by atomic mass is 10.1. The number of hydrogen-bond acceptors (Lipinski definition) is 2. The van der Waals surface area contributed by atoms with Gasteiger partial charge < -0.3 is 10.6 Å². The predicted molar refractivity (Wildman–Crippen MR) is 46.4 cm³/mol. The molecule has 0 bridgehead atoms. The summed E-state index contributed by atoms with van der Waals surface area (Å²) in [7, 11) is 1.89. The van der Waals surface area contributed by atoms with Gasteiger partial charge in [-0.1, -0.05) is 13.8 Å². The van der Waals surface area contributed by atoms with Crippen molar-refractivity contribution < 1.29 is 4.79 Å². The van der Waals surface area contributed by atoms with E-state index in [1.807, 2.05) is 20.9 Å². The van der Waals surface area contributed by atoms with E-state index in [4.69, 9.17) is 0 Å². The molecule has 1 heterocycles. The van der Waals surface area contributed by atoms with Gasteiger partial charge in [-0.3, -0.25) is 4.79 Å². The maximum atomic E-state index is 10.7. The minimum Gasteiger partial charge on any atom is -0.356 e. The third-order valence-corrected chi connectivity index (χ3v) is 1.66. The third-order valence-electron chi connectivity index (χ3n) is 1.66. The van der Waals surface area contributed by atoms with Gasteiger partial charge in [-0.15, -0.1) is 0 Å². The average molecular weight is 158 g/mol. The van der Waals surface area contributed by atoms with Gasteiger partial charge >= 0.3 is 0 Å². The van der Waals surface area contributed by atoms with Crippen molar-refractivity contribution in [2.75, 3.05) is 13.6 Å². The van der Waals surface area contributed by atoms with Crippen LogP contribution in [-0.2, 0) is 4.79 Å². The number of carbonyl (C=O) groups excluding carboxylic acids is 1. The second-order valence-corrected chi connectivity index (χ2v) is 2.33. The summed E-state index contributed by atoms with van der Waals surface area (Å²) in [5.74, 6) is 0.167. The van der Waals surface area contributed by atoms with Gasteiger partial charge in [-0.25, -0.2) is 0 Å². The summed E-state index contributed by atoms with van der Waals surface area (Å²) < 4.78 is 0. The summed E-state index contributed by atoms with van der Waals surface area (Å²) in [6, 6.07) is 0.402. The molecule has 1 rings (SSSR count). The van der Waals surface area contributed by atoms with E-state index in [1.165, 1.54) is 0 Å². The second-order valence-electron chi connectivity index (χ2n) is 2.33. The molecule has 1 saturated heterocycles. The molecule has 0 aliphatic carbocycles. The van der Waals surface area contributed by atoms with Crippen LogP contribution in [0, 0.1) is 0 Å². The van der Waals surface area contributed by atoms with Crippen LogP contribution in [0.25, 0.3) is 0 Å². The molecule has 66 valence electrons. The van der Waals surface area contributed by atoms with Gasteiger partial charge in [0.15, 0.2) is 0 Å². The van der Waals surface area contributed by atoms with Crippen molar-refractivity contribution in [1.29, 1.82) is 0 Å². The van der Waals surface area contributed by atoms with Crippen molar-refractivity contribution in [1.82, 2.24) is 10.6 Å². The molecule has 0 spiro atoms. The molecule has 2 N–H and O–H groups in total. The molecule has 0 aromatic rings. The van der Waals surface area contributed by atoms with E-state index in [1.54, 1.807) is 0 Å². The van der Waals surface area contributed by atoms with E-state index in [-0.39, 0.29) is 5.91 Å². The summed E-state index contributed by atoms with van der Waals surface area (Å²) in [6.07, 6.45) is 1.69. The highest BCUT2D eigenvalue weighted by molar-refractivity contribution is 5.77. The maximum absolute atomic E-state index is 10.7. The maximum Gasteiger partial charge on any atom is 0.221 e. The zero-order valence-corrected chi connectivity index (χ0v) is 7.61. The molecule has 0 radical (unpaired) electrons. The molecule has 1 unspecified atom stereocenters. The third kappa shape index (κ3) is 3.98. The van der Waals surface area contributed by atoms with Crippen LogP contribution in [0.3, 0.4) is 0 Å². The van der Waals surface area contributed by atoms with Gasteiger partial charge in [0.05, 0.1) is 0 Å². The number of carbonyl (C=O) groups is 1. The van der Waals surface area contributed by atoms with E-state index in [0.717, 1.165) is 13.0 Å². The van der Waals surface area contributed by atoms with Gasteiger partial charge in [0.25, 0.3) is 0 Å². The first-order chi connectivity index (χ1) is 5.33. The Bertz CT molecular complexity index is 115. The van der Waals surface area contributed by atoms with Gasteiger partial charge in [0, 0.05) is 19.0 Å². The van der Waals surface area contributed by atoms with Crippen LogP contribution in [0.2, 0.25) is 0 Å². The molecule has 0 aromatic carbocycles. The quantitative estimate of drug-likeness (QED) is 0.584. The Balaban J connectivity index is 0.000000461. The first-order valence-corrected chi connectivity index (χ1v) is 4.27.